The summed E-state index contributed by atoms with van der Waals surface area (Å²) in [5, 5.41) is 9.69. The number of hydrogen-bond donors (Lipinski definition) is 1. The van der Waals surface area contributed by atoms with Gasteiger partial charge >= 0.3 is 0 Å². The molecule has 0 aromatic rings. The van der Waals surface area contributed by atoms with Crippen LogP contribution in [0.15, 0.2) is 0 Å². The number of aliphatic hydroxyl groups excluding tert-OH is 1. The highest BCUT2D eigenvalue weighted by molar-refractivity contribution is 4.87. The van der Waals surface area contributed by atoms with Gasteiger partial charge in [-0.05, 0) is 32.2 Å². The molecule has 0 bridgehead atoms. The second kappa shape index (κ2) is 5.68. The average Bonchev–Trinajstić information content (AvgIpc) is 2.28. The Morgan fingerprint density at radius 3 is 2.24 bits per heavy atom. The van der Waals surface area contributed by atoms with E-state index in [2.05, 4.69) is 39.6 Å². The molecule has 1 unspecified atom stereocenters. The summed E-state index contributed by atoms with van der Waals surface area (Å²) >= 11 is 0. The molecule has 0 aromatic heterocycles. The minimum atomic E-state index is 0.0481. The number of rotatable bonds is 4. The zero-order chi connectivity index (χ0) is 13.1. The van der Waals surface area contributed by atoms with E-state index in [1.165, 1.54) is 0 Å². The molecule has 0 spiro atoms. The third kappa shape index (κ3) is 3.94. The maximum absolute atomic E-state index is 9.69. The fourth-order valence-corrected chi connectivity index (χ4v) is 2.50. The highest BCUT2D eigenvalue weighted by atomic mass is 16.5. The highest BCUT2D eigenvalue weighted by Gasteiger charge is 2.35. The van der Waals surface area contributed by atoms with Gasteiger partial charge < -0.3 is 14.7 Å². The van der Waals surface area contributed by atoms with Crippen LogP contribution >= 0.6 is 0 Å². The predicted octanol–water partition coefficient (Wildman–Crippen LogP) is 2.14. The van der Waals surface area contributed by atoms with Crippen molar-refractivity contribution in [2.45, 2.75) is 46.6 Å². The van der Waals surface area contributed by atoms with Crippen LogP contribution in [0.4, 0.5) is 0 Å². The van der Waals surface area contributed by atoms with Gasteiger partial charge in [0.25, 0.3) is 0 Å². The maximum atomic E-state index is 9.69. The van der Waals surface area contributed by atoms with Gasteiger partial charge in [0.2, 0.25) is 0 Å². The van der Waals surface area contributed by atoms with Gasteiger partial charge in [0.15, 0.2) is 0 Å². The summed E-state index contributed by atoms with van der Waals surface area (Å²) in [6.07, 6.45) is 1.95. The van der Waals surface area contributed by atoms with Crippen LogP contribution in [0, 0.1) is 10.8 Å². The molecule has 0 aliphatic carbocycles. The van der Waals surface area contributed by atoms with E-state index < -0.39 is 0 Å². The third-order valence-corrected chi connectivity index (χ3v) is 4.39. The van der Waals surface area contributed by atoms with Gasteiger partial charge in [-0.2, -0.15) is 0 Å². The number of aliphatic hydroxyl groups is 1. The summed E-state index contributed by atoms with van der Waals surface area (Å²) in [6.45, 7) is 11.9. The highest BCUT2D eigenvalue weighted by Crippen LogP contribution is 2.33. The third-order valence-electron chi connectivity index (χ3n) is 4.39. The van der Waals surface area contributed by atoms with Crippen LogP contribution in [-0.4, -0.2) is 49.5 Å². The van der Waals surface area contributed by atoms with Crippen LogP contribution in [0.5, 0.6) is 0 Å². The fraction of sp³-hybridized carbons (Fsp3) is 1.00. The Bertz CT molecular complexity index is 229. The molecule has 1 saturated heterocycles. The van der Waals surface area contributed by atoms with E-state index >= 15 is 0 Å². The van der Waals surface area contributed by atoms with Gasteiger partial charge in [-0.3, -0.25) is 0 Å². The van der Waals surface area contributed by atoms with Crippen LogP contribution in [0.25, 0.3) is 0 Å². The van der Waals surface area contributed by atoms with Crippen molar-refractivity contribution in [3.8, 4) is 0 Å². The summed E-state index contributed by atoms with van der Waals surface area (Å²) in [4.78, 5) is 2.39. The number of nitrogens with zero attached hydrogens (tertiary/aromatic N) is 1. The van der Waals surface area contributed by atoms with E-state index in [-0.39, 0.29) is 17.4 Å². The zero-order valence-electron chi connectivity index (χ0n) is 12.1. The van der Waals surface area contributed by atoms with E-state index in [0.717, 1.165) is 32.6 Å². The second-order valence-electron chi connectivity index (χ2n) is 6.73. The average molecular weight is 243 g/mol. The Kier molecular flexibility index (Phi) is 4.99. The molecule has 1 rings (SSSR count). The molecule has 1 N–H and O–H groups in total. The lowest BCUT2D eigenvalue weighted by Gasteiger charge is -2.43. The topological polar surface area (TPSA) is 32.7 Å². The molecular weight excluding hydrogens is 214 g/mol. The smallest absolute Gasteiger partial charge is 0.0501 e. The molecule has 0 aromatic carbocycles. The van der Waals surface area contributed by atoms with Crippen molar-refractivity contribution in [2.75, 3.05) is 33.4 Å². The molecule has 1 aliphatic heterocycles. The van der Waals surface area contributed by atoms with E-state index in [9.17, 15) is 5.11 Å². The molecule has 102 valence electrons. The molecular formula is C14H29NO2. The van der Waals surface area contributed by atoms with Crippen LogP contribution in [-0.2, 0) is 4.74 Å². The fourth-order valence-electron chi connectivity index (χ4n) is 2.50. The quantitative estimate of drug-likeness (QED) is 0.821. The lowest BCUT2D eigenvalue weighted by molar-refractivity contribution is -0.0418. The summed E-state index contributed by atoms with van der Waals surface area (Å²) in [7, 11) is 2.17. The molecule has 0 amide bonds. The largest absolute Gasteiger partial charge is 0.396 e. The van der Waals surface area contributed by atoms with Crippen LogP contribution in [0.3, 0.4) is 0 Å². The maximum Gasteiger partial charge on any atom is 0.0501 e. The predicted molar refractivity (Wildman–Crippen MR) is 71.1 cm³/mol. The lowest BCUT2D eigenvalue weighted by atomic mass is 9.79. The Hall–Kier alpha value is -0.120. The van der Waals surface area contributed by atoms with Crippen molar-refractivity contribution in [1.82, 2.24) is 4.90 Å². The SMILES string of the molecule is CC(N(C)CC1(CO)CCOCC1)C(C)(C)C. The van der Waals surface area contributed by atoms with Crippen molar-refractivity contribution in [3.05, 3.63) is 0 Å². The molecule has 1 fully saturated rings. The van der Waals surface area contributed by atoms with E-state index in [0.29, 0.717) is 6.04 Å². The van der Waals surface area contributed by atoms with Crippen molar-refractivity contribution in [2.24, 2.45) is 10.8 Å². The van der Waals surface area contributed by atoms with Gasteiger partial charge in [0.1, 0.15) is 0 Å². The van der Waals surface area contributed by atoms with Crippen LogP contribution in [0.1, 0.15) is 40.5 Å². The molecule has 1 heterocycles. The van der Waals surface area contributed by atoms with E-state index in [1.807, 2.05) is 0 Å². The zero-order valence-corrected chi connectivity index (χ0v) is 12.1. The standard InChI is InChI=1S/C14H29NO2/c1-12(13(2,3)4)15(5)10-14(11-16)6-8-17-9-7-14/h12,16H,6-11H2,1-5H3. The first-order chi connectivity index (χ1) is 7.81. The Labute approximate surface area is 106 Å². The molecule has 3 heteroatoms. The van der Waals surface area contributed by atoms with Gasteiger partial charge in [0.05, 0.1) is 6.61 Å². The molecule has 17 heavy (non-hydrogen) atoms. The molecule has 1 atom stereocenters. The van der Waals surface area contributed by atoms with Gasteiger partial charge in [-0.15, -0.1) is 0 Å². The van der Waals surface area contributed by atoms with Gasteiger partial charge in [-0.1, -0.05) is 20.8 Å². The van der Waals surface area contributed by atoms with Crippen LogP contribution in [0.2, 0.25) is 0 Å². The first-order valence-electron chi connectivity index (χ1n) is 6.70. The van der Waals surface area contributed by atoms with Crippen molar-refractivity contribution >= 4 is 0 Å². The normalized spacial score (nSPS) is 22.8. The molecule has 1 aliphatic rings. The Morgan fingerprint density at radius 2 is 1.82 bits per heavy atom. The minimum Gasteiger partial charge on any atom is -0.396 e. The van der Waals surface area contributed by atoms with E-state index in [1.54, 1.807) is 0 Å². The summed E-state index contributed by atoms with van der Waals surface area (Å²) in [5.74, 6) is 0. The Balaban J connectivity index is 2.61. The Morgan fingerprint density at radius 1 is 1.29 bits per heavy atom. The lowest BCUT2D eigenvalue weighted by Crippen LogP contribution is -2.48. The van der Waals surface area contributed by atoms with Gasteiger partial charge in [-0.25, -0.2) is 0 Å². The molecule has 0 saturated carbocycles. The van der Waals surface area contributed by atoms with E-state index in [4.69, 9.17) is 4.74 Å². The molecule has 0 radical (unpaired) electrons. The van der Waals surface area contributed by atoms with Crippen molar-refractivity contribution < 1.29 is 9.84 Å². The first-order valence-corrected chi connectivity index (χ1v) is 6.70. The summed E-state index contributed by atoms with van der Waals surface area (Å²) in [5.41, 5.74) is 0.322. The summed E-state index contributed by atoms with van der Waals surface area (Å²) in [6, 6.07) is 0.508. The van der Waals surface area contributed by atoms with Crippen molar-refractivity contribution in [3.63, 3.8) is 0 Å². The van der Waals surface area contributed by atoms with Crippen molar-refractivity contribution in [1.29, 1.82) is 0 Å². The van der Waals surface area contributed by atoms with Crippen LogP contribution < -0.4 is 0 Å². The first kappa shape index (κ1) is 14.9. The second-order valence-corrected chi connectivity index (χ2v) is 6.73. The molecule has 3 nitrogen and oxygen atoms in total. The number of ether oxygens (including phenoxy) is 1. The monoisotopic (exact) mass is 243 g/mol. The minimum absolute atomic E-state index is 0.0481. The van der Waals surface area contributed by atoms with Gasteiger partial charge in [0, 0.05) is 31.2 Å². The summed E-state index contributed by atoms with van der Waals surface area (Å²) < 4.78 is 5.41. The number of hydrogen-bond acceptors (Lipinski definition) is 3.